The molecule has 0 unspecified atom stereocenters. The number of aliphatic hydroxyl groups excluding tert-OH is 1. The van der Waals surface area contributed by atoms with Gasteiger partial charge in [-0.2, -0.15) is 0 Å². The Kier molecular flexibility index (Phi) is 2.27. The molecular formula is C13H25NO. The lowest BCUT2D eigenvalue weighted by Crippen LogP contribution is -2.48. The maximum atomic E-state index is 9.55. The van der Waals surface area contributed by atoms with Gasteiger partial charge in [0.25, 0.3) is 0 Å². The van der Waals surface area contributed by atoms with Gasteiger partial charge in [0.1, 0.15) is 0 Å². The third-order valence-corrected chi connectivity index (χ3v) is 5.48. The first kappa shape index (κ1) is 11.4. The van der Waals surface area contributed by atoms with Crippen molar-refractivity contribution in [3.05, 3.63) is 0 Å². The number of aliphatic hydroxyl groups is 1. The average Bonchev–Trinajstić information content (AvgIpc) is 2.50. The molecule has 0 saturated heterocycles. The lowest BCUT2D eigenvalue weighted by Gasteiger charge is -2.37. The molecule has 2 heteroatoms. The van der Waals surface area contributed by atoms with Crippen molar-refractivity contribution in [2.45, 2.75) is 65.0 Å². The number of hydrogen-bond donors (Lipinski definition) is 2. The second-order valence-corrected chi connectivity index (χ2v) is 6.84. The van der Waals surface area contributed by atoms with E-state index in [1.54, 1.807) is 0 Å². The smallest absolute Gasteiger partial charge is 0.0541 e. The third kappa shape index (κ3) is 1.45. The predicted octanol–water partition coefficient (Wildman–Crippen LogP) is 2.30. The number of nitrogens with two attached hydrogens (primary N) is 1. The summed E-state index contributed by atoms with van der Waals surface area (Å²) in [7, 11) is 0. The van der Waals surface area contributed by atoms with Gasteiger partial charge in [-0.3, -0.25) is 0 Å². The number of hydrogen-bond acceptors (Lipinski definition) is 2. The van der Waals surface area contributed by atoms with Crippen LogP contribution in [0.1, 0.15) is 53.4 Å². The maximum absolute atomic E-state index is 9.55. The van der Waals surface area contributed by atoms with Gasteiger partial charge in [-0.15, -0.1) is 0 Å². The van der Waals surface area contributed by atoms with Crippen molar-refractivity contribution in [3.8, 4) is 0 Å². The lowest BCUT2D eigenvalue weighted by molar-refractivity contribution is 0.0827. The first-order valence-corrected chi connectivity index (χ1v) is 6.19. The van der Waals surface area contributed by atoms with Crippen molar-refractivity contribution in [2.75, 3.05) is 0 Å². The summed E-state index contributed by atoms with van der Waals surface area (Å²) in [6.07, 6.45) is 3.65. The molecule has 0 amide bonds. The van der Waals surface area contributed by atoms with Crippen molar-refractivity contribution < 1.29 is 5.11 Å². The fraction of sp³-hybridized carbons (Fsp3) is 1.00. The van der Waals surface area contributed by atoms with Crippen molar-refractivity contribution >= 4 is 0 Å². The van der Waals surface area contributed by atoms with Crippen LogP contribution in [0.4, 0.5) is 0 Å². The summed E-state index contributed by atoms with van der Waals surface area (Å²) in [5.41, 5.74) is 7.28. The van der Waals surface area contributed by atoms with Gasteiger partial charge in [0, 0.05) is 5.54 Å². The summed E-state index contributed by atoms with van der Waals surface area (Å²) in [5.74, 6) is 0.616. The van der Waals surface area contributed by atoms with Crippen LogP contribution in [-0.4, -0.2) is 16.7 Å². The van der Waals surface area contributed by atoms with E-state index < -0.39 is 0 Å². The molecule has 3 N–H and O–H groups in total. The summed E-state index contributed by atoms with van der Waals surface area (Å²) in [6.45, 7) is 9.32. The molecule has 0 aliphatic heterocycles. The summed E-state index contributed by atoms with van der Waals surface area (Å²) in [5, 5.41) is 9.55. The van der Waals surface area contributed by atoms with Gasteiger partial charge >= 0.3 is 0 Å². The SMILES string of the molecule is CC1(C)C(C2(N)CCC(O)CC2)C1(C)C. The van der Waals surface area contributed by atoms with E-state index in [0.717, 1.165) is 25.7 Å². The molecular weight excluding hydrogens is 186 g/mol. The zero-order chi connectivity index (χ0) is 11.5. The van der Waals surface area contributed by atoms with Gasteiger partial charge in [-0.05, 0) is 42.4 Å². The fourth-order valence-electron chi connectivity index (χ4n) is 4.06. The van der Waals surface area contributed by atoms with Crippen LogP contribution in [-0.2, 0) is 0 Å². The molecule has 0 aromatic heterocycles. The Labute approximate surface area is 93.2 Å². The van der Waals surface area contributed by atoms with Crippen LogP contribution in [0.5, 0.6) is 0 Å². The molecule has 2 aliphatic carbocycles. The van der Waals surface area contributed by atoms with E-state index in [1.807, 2.05) is 0 Å². The Morgan fingerprint density at radius 3 is 1.73 bits per heavy atom. The van der Waals surface area contributed by atoms with Gasteiger partial charge in [-0.25, -0.2) is 0 Å². The minimum Gasteiger partial charge on any atom is -0.393 e. The average molecular weight is 211 g/mol. The zero-order valence-corrected chi connectivity index (χ0v) is 10.5. The van der Waals surface area contributed by atoms with Crippen molar-refractivity contribution in [3.63, 3.8) is 0 Å². The van der Waals surface area contributed by atoms with E-state index in [1.165, 1.54) is 0 Å². The van der Waals surface area contributed by atoms with E-state index in [-0.39, 0.29) is 11.6 Å². The molecule has 2 nitrogen and oxygen atoms in total. The van der Waals surface area contributed by atoms with Gasteiger partial charge in [0.15, 0.2) is 0 Å². The maximum Gasteiger partial charge on any atom is 0.0541 e. The number of rotatable bonds is 1. The molecule has 0 heterocycles. The molecule has 88 valence electrons. The molecule has 0 radical (unpaired) electrons. The third-order valence-electron chi connectivity index (χ3n) is 5.48. The zero-order valence-electron chi connectivity index (χ0n) is 10.5. The van der Waals surface area contributed by atoms with E-state index in [4.69, 9.17) is 5.73 Å². The van der Waals surface area contributed by atoms with Crippen LogP contribution in [0.2, 0.25) is 0 Å². The van der Waals surface area contributed by atoms with Gasteiger partial charge in [0.05, 0.1) is 6.10 Å². The standard InChI is InChI=1S/C13H25NO/c1-11(2)10(12(11,3)4)13(14)7-5-9(15)6-8-13/h9-10,15H,5-8,14H2,1-4H3. The first-order chi connectivity index (χ1) is 6.72. The second-order valence-electron chi connectivity index (χ2n) is 6.84. The lowest BCUT2D eigenvalue weighted by atomic mass is 9.75. The minimum atomic E-state index is -0.105. The van der Waals surface area contributed by atoms with Crippen LogP contribution in [0.25, 0.3) is 0 Å². The molecule has 0 spiro atoms. The molecule has 2 aliphatic rings. The molecule has 15 heavy (non-hydrogen) atoms. The highest BCUT2D eigenvalue weighted by molar-refractivity contribution is 5.21. The Bertz CT molecular complexity index is 248. The Morgan fingerprint density at radius 1 is 1.00 bits per heavy atom. The topological polar surface area (TPSA) is 46.2 Å². The van der Waals surface area contributed by atoms with Gasteiger partial charge < -0.3 is 10.8 Å². The monoisotopic (exact) mass is 211 g/mol. The van der Waals surface area contributed by atoms with E-state index in [9.17, 15) is 5.11 Å². The molecule has 2 saturated carbocycles. The second kappa shape index (κ2) is 2.98. The van der Waals surface area contributed by atoms with Crippen LogP contribution in [0.3, 0.4) is 0 Å². The Balaban J connectivity index is 2.13. The van der Waals surface area contributed by atoms with Crippen molar-refractivity contribution in [2.24, 2.45) is 22.5 Å². The summed E-state index contributed by atoms with van der Waals surface area (Å²) in [4.78, 5) is 0. The summed E-state index contributed by atoms with van der Waals surface area (Å²) < 4.78 is 0. The highest BCUT2D eigenvalue weighted by Gasteiger charge is 2.70. The highest BCUT2D eigenvalue weighted by atomic mass is 16.3. The van der Waals surface area contributed by atoms with Crippen LogP contribution in [0, 0.1) is 16.7 Å². The fourth-order valence-corrected chi connectivity index (χ4v) is 4.06. The molecule has 0 atom stereocenters. The van der Waals surface area contributed by atoms with E-state index in [2.05, 4.69) is 27.7 Å². The normalized spacial score (nSPS) is 44.0. The molecule has 2 fully saturated rings. The van der Waals surface area contributed by atoms with Crippen molar-refractivity contribution in [1.29, 1.82) is 0 Å². The van der Waals surface area contributed by atoms with Crippen LogP contribution >= 0.6 is 0 Å². The summed E-state index contributed by atoms with van der Waals surface area (Å²) in [6, 6.07) is 0. The van der Waals surface area contributed by atoms with E-state index >= 15 is 0 Å². The quantitative estimate of drug-likeness (QED) is 0.699. The predicted molar refractivity (Wildman–Crippen MR) is 62.4 cm³/mol. The molecule has 0 aromatic rings. The molecule has 0 bridgehead atoms. The summed E-state index contributed by atoms with van der Waals surface area (Å²) >= 11 is 0. The van der Waals surface area contributed by atoms with E-state index in [0.29, 0.717) is 16.7 Å². The highest BCUT2D eigenvalue weighted by Crippen LogP contribution is 2.73. The van der Waals surface area contributed by atoms with Crippen molar-refractivity contribution in [1.82, 2.24) is 0 Å². The van der Waals surface area contributed by atoms with Crippen LogP contribution < -0.4 is 5.73 Å². The molecule has 2 rings (SSSR count). The van der Waals surface area contributed by atoms with Crippen LogP contribution in [0.15, 0.2) is 0 Å². The molecule has 0 aromatic carbocycles. The Hall–Kier alpha value is -0.0800. The largest absolute Gasteiger partial charge is 0.393 e. The van der Waals surface area contributed by atoms with Gasteiger partial charge in [-0.1, -0.05) is 27.7 Å². The first-order valence-electron chi connectivity index (χ1n) is 6.19. The Morgan fingerprint density at radius 2 is 1.40 bits per heavy atom. The minimum absolute atomic E-state index is 0.0216. The van der Waals surface area contributed by atoms with Gasteiger partial charge in [0.2, 0.25) is 0 Å².